The smallest absolute Gasteiger partial charge is 0.0393 e. The maximum atomic E-state index is 11.3. The van der Waals surface area contributed by atoms with Crippen molar-refractivity contribution in [2.75, 3.05) is 0 Å². The van der Waals surface area contributed by atoms with E-state index in [0.717, 1.165) is 11.3 Å². The van der Waals surface area contributed by atoms with E-state index in [2.05, 4.69) is 10.2 Å². The van der Waals surface area contributed by atoms with Gasteiger partial charge in [-0.15, -0.1) is 0 Å². The molecule has 0 atom stereocenters. The fraction of sp³-hybridized carbons (Fsp3) is 0.100. The topological polar surface area (TPSA) is 51.7 Å². The molecule has 0 unspecified atom stereocenters. The van der Waals surface area contributed by atoms with Crippen LogP contribution in [0.15, 0.2) is 30.3 Å². The number of aromatic amines is 1. The normalized spacial score (nSPS) is 10.2. The van der Waals surface area contributed by atoms with Gasteiger partial charge in [0, 0.05) is 17.1 Å². The first-order valence-corrected chi connectivity index (χ1v) is 4.06. The number of aryl methyl sites for hydroxylation is 1. The number of nitrogens with zero attached hydrogens (tertiary/aromatic N) is 1. The molecular formula is C10H9N2O-. The molecule has 1 N–H and O–H groups in total. The van der Waals surface area contributed by atoms with E-state index in [1.807, 2.05) is 37.3 Å². The van der Waals surface area contributed by atoms with Crippen molar-refractivity contribution in [1.82, 2.24) is 10.2 Å². The molecule has 1 aromatic heterocycles. The second kappa shape index (κ2) is 2.94. The molecular weight excluding hydrogens is 164 g/mol. The summed E-state index contributed by atoms with van der Waals surface area (Å²) < 4.78 is 0. The van der Waals surface area contributed by atoms with E-state index >= 15 is 0 Å². The van der Waals surface area contributed by atoms with Crippen LogP contribution in [0.2, 0.25) is 0 Å². The summed E-state index contributed by atoms with van der Waals surface area (Å²) in [4.78, 5) is 0. The molecule has 0 saturated carbocycles. The van der Waals surface area contributed by atoms with Crippen LogP contribution in [-0.2, 0) is 0 Å². The summed E-state index contributed by atoms with van der Waals surface area (Å²) in [5.74, 6) is -0.191. The predicted octanol–water partition coefficient (Wildman–Crippen LogP) is 1.46. The van der Waals surface area contributed by atoms with Crippen molar-refractivity contribution in [2.45, 2.75) is 6.92 Å². The van der Waals surface area contributed by atoms with Crippen molar-refractivity contribution < 1.29 is 5.11 Å². The van der Waals surface area contributed by atoms with Gasteiger partial charge in [-0.25, -0.2) is 0 Å². The number of hydrogen-bond acceptors (Lipinski definition) is 2. The summed E-state index contributed by atoms with van der Waals surface area (Å²) in [7, 11) is 0. The molecule has 66 valence electrons. The SMILES string of the molecule is Cc1[nH]nc([O-])c1-c1ccccc1. The molecule has 0 bridgehead atoms. The fourth-order valence-corrected chi connectivity index (χ4v) is 1.35. The zero-order chi connectivity index (χ0) is 9.26. The van der Waals surface area contributed by atoms with Gasteiger partial charge in [-0.3, -0.25) is 5.10 Å². The first-order chi connectivity index (χ1) is 6.29. The lowest BCUT2D eigenvalue weighted by Gasteiger charge is -2.05. The van der Waals surface area contributed by atoms with Gasteiger partial charge in [-0.1, -0.05) is 30.3 Å². The van der Waals surface area contributed by atoms with Gasteiger partial charge < -0.3 is 5.11 Å². The second-order valence-corrected chi connectivity index (χ2v) is 2.89. The van der Waals surface area contributed by atoms with E-state index < -0.39 is 0 Å². The molecule has 0 amide bonds. The number of H-pyrrole nitrogens is 1. The molecule has 0 aliphatic rings. The zero-order valence-electron chi connectivity index (χ0n) is 7.24. The predicted molar refractivity (Wildman–Crippen MR) is 48.2 cm³/mol. The van der Waals surface area contributed by atoms with Crippen molar-refractivity contribution in [3.63, 3.8) is 0 Å². The van der Waals surface area contributed by atoms with Gasteiger partial charge in [-0.05, 0) is 12.5 Å². The van der Waals surface area contributed by atoms with Crippen LogP contribution < -0.4 is 5.11 Å². The lowest BCUT2D eigenvalue weighted by atomic mass is 10.1. The summed E-state index contributed by atoms with van der Waals surface area (Å²) in [6.45, 7) is 1.84. The third-order valence-corrected chi connectivity index (χ3v) is 1.98. The lowest BCUT2D eigenvalue weighted by molar-refractivity contribution is -0.274. The maximum absolute atomic E-state index is 11.3. The molecule has 0 spiro atoms. The average molecular weight is 173 g/mol. The quantitative estimate of drug-likeness (QED) is 0.709. The van der Waals surface area contributed by atoms with Gasteiger partial charge in [0.05, 0.1) is 0 Å². The molecule has 0 fully saturated rings. The standard InChI is InChI=1S/C10H10N2O/c1-7-9(10(13)12-11-7)8-5-3-2-4-6-8/h2-6H,1H3,(H2,11,12,13)/p-1. The Morgan fingerprint density at radius 2 is 1.92 bits per heavy atom. The van der Waals surface area contributed by atoms with E-state index in [4.69, 9.17) is 0 Å². The Bertz CT molecular complexity index is 387. The van der Waals surface area contributed by atoms with Crippen LogP contribution >= 0.6 is 0 Å². The molecule has 1 heterocycles. The number of benzene rings is 1. The number of nitrogens with one attached hydrogen (secondary N) is 1. The van der Waals surface area contributed by atoms with E-state index in [-0.39, 0.29) is 5.88 Å². The van der Waals surface area contributed by atoms with Crippen LogP contribution in [0.5, 0.6) is 5.88 Å². The third-order valence-electron chi connectivity index (χ3n) is 1.98. The minimum absolute atomic E-state index is 0.191. The van der Waals surface area contributed by atoms with Crippen molar-refractivity contribution in [2.24, 2.45) is 0 Å². The van der Waals surface area contributed by atoms with Crippen LogP contribution in [0, 0.1) is 6.92 Å². The fourth-order valence-electron chi connectivity index (χ4n) is 1.35. The minimum Gasteiger partial charge on any atom is -0.857 e. The van der Waals surface area contributed by atoms with Crippen LogP contribution in [0.1, 0.15) is 5.69 Å². The summed E-state index contributed by atoms with van der Waals surface area (Å²) in [5, 5.41) is 17.6. The van der Waals surface area contributed by atoms with Crippen LogP contribution in [0.4, 0.5) is 0 Å². The highest BCUT2D eigenvalue weighted by atomic mass is 16.3. The summed E-state index contributed by atoms with van der Waals surface area (Å²) in [6, 6.07) is 9.53. The summed E-state index contributed by atoms with van der Waals surface area (Å²) >= 11 is 0. The highest BCUT2D eigenvalue weighted by Crippen LogP contribution is 2.27. The Morgan fingerprint density at radius 3 is 2.46 bits per heavy atom. The Morgan fingerprint density at radius 1 is 1.23 bits per heavy atom. The molecule has 0 radical (unpaired) electrons. The van der Waals surface area contributed by atoms with Crippen molar-refractivity contribution in [3.8, 4) is 17.0 Å². The Hall–Kier alpha value is -1.77. The highest BCUT2D eigenvalue weighted by molar-refractivity contribution is 5.70. The van der Waals surface area contributed by atoms with Crippen LogP contribution in [0.25, 0.3) is 11.1 Å². The zero-order valence-corrected chi connectivity index (χ0v) is 7.24. The Labute approximate surface area is 76.0 Å². The van der Waals surface area contributed by atoms with Gasteiger partial charge >= 0.3 is 0 Å². The molecule has 0 aliphatic carbocycles. The Kier molecular flexibility index (Phi) is 1.77. The van der Waals surface area contributed by atoms with E-state index in [9.17, 15) is 5.11 Å². The number of hydrogen-bond donors (Lipinski definition) is 1. The summed E-state index contributed by atoms with van der Waals surface area (Å²) in [6.07, 6.45) is 0. The monoisotopic (exact) mass is 173 g/mol. The molecule has 0 aliphatic heterocycles. The second-order valence-electron chi connectivity index (χ2n) is 2.89. The maximum Gasteiger partial charge on any atom is 0.0393 e. The molecule has 3 nitrogen and oxygen atoms in total. The minimum atomic E-state index is -0.191. The van der Waals surface area contributed by atoms with Gasteiger partial charge in [0.15, 0.2) is 0 Å². The van der Waals surface area contributed by atoms with Crippen LogP contribution in [-0.4, -0.2) is 10.2 Å². The molecule has 13 heavy (non-hydrogen) atoms. The first-order valence-electron chi connectivity index (χ1n) is 4.06. The number of aromatic nitrogens is 2. The third kappa shape index (κ3) is 1.28. The molecule has 1 aromatic carbocycles. The van der Waals surface area contributed by atoms with Gasteiger partial charge in [0.1, 0.15) is 0 Å². The average Bonchev–Trinajstić information content (AvgIpc) is 2.48. The molecule has 3 heteroatoms. The van der Waals surface area contributed by atoms with Crippen molar-refractivity contribution in [3.05, 3.63) is 36.0 Å². The lowest BCUT2D eigenvalue weighted by Crippen LogP contribution is -1.91. The van der Waals surface area contributed by atoms with E-state index in [1.54, 1.807) is 0 Å². The van der Waals surface area contributed by atoms with Gasteiger partial charge in [0.2, 0.25) is 0 Å². The van der Waals surface area contributed by atoms with E-state index in [1.165, 1.54) is 0 Å². The molecule has 2 aromatic rings. The molecule has 0 saturated heterocycles. The summed E-state index contributed by atoms with van der Waals surface area (Å²) in [5.41, 5.74) is 2.40. The van der Waals surface area contributed by atoms with Crippen LogP contribution in [0.3, 0.4) is 0 Å². The Balaban J connectivity index is 2.59. The number of rotatable bonds is 1. The van der Waals surface area contributed by atoms with Crippen molar-refractivity contribution >= 4 is 0 Å². The van der Waals surface area contributed by atoms with Gasteiger partial charge in [-0.2, -0.15) is 5.10 Å². The largest absolute Gasteiger partial charge is 0.857 e. The first kappa shape index (κ1) is 7.86. The van der Waals surface area contributed by atoms with E-state index in [0.29, 0.717) is 5.56 Å². The molecule has 2 rings (SSSR count). The highest BCUT2D eigenvalue weighted by Gasteiger charge is 2.03. The van der Waals surface area contributed by atoms with Gasteiger partial charge in [0.25, 0.3) is 0 Å². The van der Waals surface area contributed by atoms with Crippen molar-refractivity contribution in [1.29, 1.82) is 0 Å².